The molecule has 0 spiro atoms. The number of hydrogen-bond donors (Lipinski definition) is 2. The number of halogens is 1. The van der Waals surface area contributed by atoms with Crippen LogP contribution in [0.2, 0.25) is 0 Å². The Morgan fingerprint density at radius 1 is 1.50 bits per heavy atom. The first-order valence-corrected chi connectivity index (χ1v) is 6.84. The van der Waals surface area contributed by atoms with Crippen molar-refractivity contribution in [2.45, 2.75) is 45.3 Å². The summed E-state index contributed by atoms with van der Waals surface area (Å²) < 4.78 is 0.918. The van der Waals surface area contributed by atoms with Crippen molar-refractivity contribution in [1.82, 2.24) is 0 Å². The van der Waals surface area contributed by atoms with Crippen molar-refractivity contribution in [3.8, 4) is 12.3 Å². The van der Waals surface area contributed by atoms with Crippen LogP contribution in [0.25, 0.3) is 0 Å². The minimum atomic E-state index is -0.467. The number of rotatable bonds is 0. The molecule has 1 aromatic rings. The zero-order valence-corrected chi connectivity index (χ0v) is 12.7. The summed E-state index contributed by atoms with van der Waals surface area (Å²) in [4.78, 5) is 0. The standard InChI is InChI=1S/C15H18BrNO/c1-6-10-11(16)7-8(2)13-12(10)9(3)14(18)15(4,5)17-13/h1,7,9,14,17-18H,2-5H3/t9-,14+/m0/s1. The normalized spacial score (nSPS) is 24.9. The Labute approximate surface area is 117 Å². The summed E-state index contributed by atoms with van der Waals surface area (Å²) in [6.45, 7) is 8.10. The lowest BCUT2D eigenvalue weighted by Crippen LogP contribution is -2.50. The van der Waals surface area contributed by atoms with E-state index in [9.17, 15) is 5.11 Å². The molecule has 0 unspecified atom stereocenters. The van der Waals surface area contributed by atoms with E-state index in [1.807, 2.05) is 26.8 Å². The van der Waals surface area contributed by atoms with Crippen LogP contribution in [0.5, 0.6) is 0 Å². The van der Waals surface area contributed by atoms with E-state index < -0.39 is 6.10 Å². The highest BCUT2D eigenvalue weighted by molar-refractivity contribution is 9.10. The molecule has 0 aromatic heterocycles. The maximum absolute atomic E-state index is 10.4. The van der Waals surface area contributed by atoms with Crippen LogP contribution in [0.4, 0.5) is 5.69 Å². The Bertz CT molecular complexity index is 542. The molecule has 0 radical (unpaired) electrons. The number of terminal acetylenes is 1. The summed E-state index contributed by atoms with van der Waals surface area (Å²) >= 11 is 3.51. The summed E-state index contributed by atoms with van der Waals surface area (Å²) in [5.41, 5.74) is 3.73. The van der Waals surface area contributed by atoms with Gasteiger partial charge >= 0.3 is 0 Å². The van der Waals surface area contributed by atoms with E-state index in [1.54, 1.807) is 0 Å². The van der Waals surface area contributed by atoms with E-state index in [4.69, 9.17) is 6.42 Å². The molecule has 1 aliphatic heterocycles. The third-order valence-electron chi connectivity index (χ3n) is 3.77. The van der Waals surface area contributed by atoms with Gasteiger partial charge in [0.2, 0.25) is 0 Å². The number of aryl methyl sites for hydroxylation is 1. The van der Waals surface area contributed by atoms with E-state index in [2.05, 4.69) is 34.1 Å². The molecule has 2 nitrogen and oxygen atoms in total. The van der Waals surface area contributed by atoms with Crippen molar-refractivity contribution in [1.29, 1.82) is 0 Å². The molecule has 1 aromatic carbocycles. The number of aliphatic hydroxyl groups is 1. The molecule has 0 aliphatic carbocycles. The predicted octanol–water partition coefficient (Wildman–Crippen LogP) is 3.41. The summed E-state index contributed by atoms with van der Waals surface area (Å²) in [6, 6.07) is 2.03. The number of benzene rings is 1. The molecule has 1 heterocycles. The molecule has 0 bridgehead atoms. The van der Waals surface area contributed by atoms with Crippen molar-refractivity contribution in [2.24, 2.45) is 0 Å². The molecule has 2 rings (SSSR count). The molecule has 18 heavy (non-hydrogen) atoms. The molecule has 0 amide bonds. The number of fused-ring (bicyclic) bond motifs is 1. The zero-order valence-electron chi connectivity index (χ0n) is 11.1. The van der Waals surface area contributed by atoms with Gasteiger partial charge in [0.25, 0.3) is 0 Å². The number of hydrogen-bond acceptors (Lipinski definition) is 2. The van der Waals surface area contributed by atoms with Gasteiger partial charge in [0.15, 0.2) is 0 Å². The maximum atomic E-state index is 10.4. The molecule has 1 aliphatic rings. The molecular formula is C15H18BrNO. The van der Waals surface area contributed by atoms with E-state index >= 15 is 0 Å². The lowest BCUT2D eigenvalue weighted by Gasteiger charge is -2.43. The van der Waals surface area contributed by atoms with E-state index in [1.165, 1.54) is 0 Å². The SMILES string of the molecule is C#Cc1c(Br)cc(C)c2c1[C@H](C)[C@@H](O)C(C)(C)N2. The first-order valence-electron chi connectivity index (χ1n) is 6.05. The molecule has 0 saturated carbocycles. The summed E-state index contributed by atoms with van der Waals surface area (Å²) in [6.07, 6.45) is 5.14. The van der Waals surface area contributed by atoms with Crippen molar-refractivity contribution in [3.05, 3.63) is 27.2 Å². The summed E-state index contributed by atoms with van der Waals surface area (Å²) in [7, 11) is 0. The number of nitrogens with one attached hydrogen (secondary N) is 1. The van der Waals surface area contributed by atoms with E-state index in [-0.39, 0.29) is 11.5 Å². The van der Waals surface area contributed by atoms with Gasteiger partial charge in [-0.05, 0) is 53.9 Å². The Hall–Kier alpha value is -0.980. The van der Waals surface area contributed by atoms with E-state index in [0.29, 0.717) is 0 Å². The Kier molecular flexibility index (Phi) is 3.21. The van der Waals surface area contributed by atoms with Gasteiger partial charge in [0.1, 0.15) is 0 Å². The number of aliphatic hydroxyl groups excluding tert-OH is 1. The summed E-state index contributed by atoms with van der Waals surface area (Å²) in [5.74, 6) is 2.74. The molecule has 3 heteroatoms. The molecule has 2 atom stereocenters. The Balaban J connectivity index is 2.75. The second-order valence-electron chi connectivity index (χ2n) is 5.56. The van der Waals surface area contributed by atoms with Crippen LogP contribution in [0.1, 0.15) is 43.4 Å². The maximum Gasteiger partial charge on any atom is 0.0831 e. The highest BCUT2D eigenvalue weighted by Crippen LogP contribution is 2.44. The van der Waals surface area contributed by atoms with Crippen LogP contribution in [-0.2, 0) is 0 Å². The second-order valence-corrected chi connectivity index (χ2v) is 6.42. The van der Waals surface area contributed by atoms with Gasteiger partial charge < -0.3 is 10.4 Å². The van der Waals surface area contributed by atoms with Gasteiger partial charge in [-0.15, -0.1) is 6.42 Å². The molecular weight excluding hydrogens is 290 g/mol. The van der Waals surface area contributed by atoms with Gasteiger partial charge in [0.05, 0.1) is 11.6 Å². The fourth-order valence-electron chi connectivity index (χ4n) is 2.75. The fraction of sp³-hybridized carbons (Fsp3) is 0.467. The van der Waals surface area contributed by atoms with Crippen LogP contribution >= 0.6 is 15.9 Å². The van der Waals surface area contributed by atoms with Crippen LogP contribution in [0, 0.1) is 19.3 Å². The highest BCUT2D eigenvalue weighted by Gasteiger charge is 2.40. The van der Waals surface area contributed by atoms with Gasteiger partial charge in [-0.25, -0.2) is 0 Å². The van der Waals surface area contributed by atoms with Crippen LogP contribution in [0.15, 0.2) is 10.5 Å². The van der Waals surface area contributed by atoms with Crippen LogP contribution in [-0.4, -0.2) is 16.7 Å². The first-order chi connectivity index (χ1) is 8.29. The second kappa shape index (κ2) is 4.29. The van der Waals surface area contributed by atoms with Crippen molar-refractivity contribution in [3.63, 3.8) is 0 Å². The lowest BCUT2D eigenvalue weighted by atomic mass is 9.76. The average Bonchev–Trinajstić information content (AvgIpc) is 2.28. The minimum Gasteiger partial charge on any atom is -0.390 e. The molecule has 96 valence electrons. The van der Waals surface area contributed by atoms with Gasteiger partial charge in [-0.2, -0.15) is 0 Å². The van der Waals surface area contributed by atoms with Gasteiger partial charge in [-0.3, -0.25) is 0 Å². The third kappa shape index (κ3) is 1.84. The van der Waals surface area contributed by atoms with Gasteiger partial charge in [-0.1, -0.05) is 12.8 Å². The fourth-order valence-corrected chi connectivity index (χ4v) is 3.42. The topological polar surface area (TPSA) is 32.3 Å². The third-order valence-corrected chi connectivity index (χ3v) is 4.40. The van der Waals surface area contributed by atoms with Crippen molar-refractivity contribution < 1.29 is 5.11 Å². The van der Waals surface area contributed by atoms with Crippen LogP contribution in [0.3, 0.4) is 0 Å². The number of anilines is 1. The Morgan fingerprint density at radius 2 is 2.11 bits per heavy atom. The monoisotopic (exact) mass is 307 g/mol. The molecule has 2 N–H and O–H groups in total. The zero-order chi connectivity index (χ0) is 13.7. The van der Waals surface area contributed by atoms with E-state index in [0.717, 1.165) is 26.9 Å². The highest BCUT2D eigenvalue weighted by atomic mass is 79.9. The lowest BCUT2D eigenvalue weighted by molar-refractivity contribution is 0.0867. The Morgan fingerprint density at radius 3 is 2.67 bits per heavy atom. The summed E-state index contributed by atoms with van der Waals surface area (Å²) in [5, 5.41) is 13.8. The predicted molar refractivity (Wildman–Crippen MR) is 78.9 cm³/mol. The quantitative estimate of drug-likeness (QED) is 0.720. The molecule has 0 saturated heterocycles. The largest absolute Gasteiger partial charge is 0.390 e. The average molecular weight is 308 g/mol. The minimum absolute atomic E-state index is 0.0125. The van der Waals surface area contributed by atoms with Crippen molar-refractivity contribution >= 4 is 21.6 Å². The smallest absolute Gasteiger partial charge is 0.0831 e. The first kappa shape index (κ1) is 13.5. The molecule has 0 fully saturated rings. The van der Waals surface area contributed by atoms with Gasteiger partial charge in [0, 0.05) is 21.6 Å². The van der Waals surface area contributed by atoms with Crippen LogP contribution < -0.4 is 5.32 Å². The van der Waals surface area contributed by atoms with Crippen molar-refractivity contribution in [2.75, 3.05) is 5.32 Å².